The van der Waals surface area contributed by atoms with Gasteiger partial charge < -0.3 is 5.32 Å². The van der Waals surface area contributed by atoms with E-state index in [0.29, 0.717) is 12.1 Å². The molecule has 0 unspecified atom stereocenters. The van der Waals surface area contributed by atoms with Crippen molar-refractivity contribution >= 4 is 0 Å². The summed E-state index contributed by atoms with van der Waals surface area (Å²) in [6.45, 7) is 12.5. The molecule has 1 fully saturated rings. The van der Waals surface area contributed by atoms with E-state index in [-0.39, 0.29) is 11.1 Å². The van der Waals surface area contributed by atoms with Gasteiger partial charge in [-0.25, -0.2) is 0 Å². The first-order valence-electron chi connectivity index (χ1n) is 5.89. The summed E-state index contributed by atoms with van der Waals surface area (Å²) in [7, 11) is 0. The first kappa shape index (κ1) is 12.9. The normalized spacial score (nSPS) is 27.2. The van der Waals surface area contributed by atoms with Crippen LogP contribution in [0.4, 0.5) is 0 Å². The second-order valence-corrected chi connectivity index (χ2v) is 6.35. The Morgan fingerprint density at radius 2 is 1.53 bits per heavy atom. The number of rotatable bonds is 2. The van der Waals surface area contributed by atoms with Crippen LogP contribution in [-0.2, 0) is 5.21 Å². The average molecular weight is 213 g/mol. The van der Waals surface area contributed by atoms with E-state index >= 15 is 0 Å². The molecule has 1 N–H and O–H groups in total. The van der Waals surface area contributed by atoms with Crippen molar-refractivity contribution in [1.29, 1.82) is 0 Å². The Balaban J connectivity index is 2.75. The van der Waals surface area contributed by atoms with Crippen molar-refractivity contribution in [3.8, 4) is 0 Å². The molecule has 0 spiro atoms. The Kier molecular flexibility index (Phi) is 3.49. The van der Waals surface area contributed by atoms with E-state index in [1.807, 2.05) is 27.7 Å². The lowest BCUT2D eigenvalue weighted by Gasteiger charge is -2.50. The third-order valence-electron chi connectivity index (χ3n) is 3.16. The van der Waals surface area contributed by atoms with Gasteiger partial charge in [0.1, 0.15) is 0 Å². The molecule has 1 saturated heterocycles. The van der Waals surface area contributed by atoms with Gasteiger partial charge in [-0.1, -0.05) is 13.8 Å². The molecule has 1 aliphatic heterocycles. The summed E-state index contributed by atoms with van der Waals surface area (Å²) in [5.41, 5.74) is -0.511. The summed E-state index contributed by atoms with van der Waals surface area (Å²) in [5.74, 6) is 0. The smallest absolute Gasteiger partial charge is 0.0458 e. The Labute approximate surface area is 93.8 Å². The van der Waals surface area contributed by atoms with E-state index in [0.717, 1.165) is 12.8 Å². The maximum Gasteiger partial charge on any atom is 0.0458 e. The van der Waals surface area contributed by atoms with Crippen LogP contribution in [0.5, 0.6) is 0 Å². The van der Waals surface area contributed by atoms with Gasteiger partial charge in [0.05, 0.1) is 0 Å². The first-order valence-corrected chi connectivity index (χ1v) is 5.89. The van der Waals surface area contributed by atoms with Gasteiger partial charge in [0.25, 0.3) is 0 Å². The number of nitrogens with zero attached hydrogens (tertiary/aromatic N) is 1. The van der Waals surface area contributed by atoms with Crippen LogP contribution in [0.25, 0.3) is 0 Å². The van der Waals surface area contributed by atoms with Crippen molar-refractivity contribution in [2.24, 2.45) is 0 Å². The molecule has 3 heteroatoms. The quantitative estimate of drug-likeness (QED) is 0.764. The molecule has 15 heavy (non-hydrogen) atoms. The van der Waals surface area contributed by atoms with E-state index in [4.69, 9.17) is 0 Å². The van der Waals surface area contributed by atoms with Gasteiger partial charge in [-0.3, -0.25) is 0 Å². The fourth-order valence-electron chi connectivity index (χ4n) is 2.85. The lowest BCUT2D eigenvalue weighted by Crippen LogP contribution is -2.62. The molecule has 0 saturated carbocycles. The number of hydroxylamine groups is 2. The first-order chi connectivity index (χ1) is 6.65. The zero-order valence-corrected chi connectivity index (χ0v) is 10.9. The SMILES string of the molecule is CC(C)NC1CC(C)(C)N([O])C(C)(C)C1. The summed E-state index contributed by atoms with van der Waals surface area (Å²) in [6.07, 6.45) is 1.86. The summed E-state index contributed by atoms with van der Waals surface area (Å²) in [4.78, 5) is 0. The zero-order chi connectivity index (χ0) is 11.9. The minimum absolute atomic E-state index is 0.256. The van der Waals surface area contributed by atoms with Crippen molar-refractivity contribution in [3.63, 3.8) is 0 Å². The number of hydrogen-bond donors (Lipinski definition) is 1. The van der Waals surface area contributed by atoms with Gasteiger partial charge in [-0.15, -0.1) is 10.3 Å². The van der Waals surface area contributed by atoms with Crippen LogP contribution in [0.3, 0.4) is 0 Å². The highest BCUT2D eigenvalue weighted by molar-refractivity contribution is 4.98. The molecule has 1 aliphatic rings. The third kappa shape index (κ3) is 2.92. The minimum Gasteiger partial charge on any atom is -0.312 e. The Morgan fingerprint density at radius 3 is 1.87 bits per heavy atom. The standard InChI is InChI=1S/C12H25N2O/c1-9(2)13-10-7-11(3,4)14(15)12(5,6)8-10/h9-10,13H,7-8H2,1-6H3. The van der Waals surface area contributed by atoms with Gasteiger partial charge in [0.15, 0.2) is 0 Å². The average Bonchev–Trinajstić information content (AvgIpc) is 1.97. The van der Waals surface area contributed by atoms with E-state index in [2.05, 4.69) is 19.2 Å². The molecule has 0 atom stereocenters. The van der Waals surface area contributed by atoms with Crippen molar-refractivity contribution in [3.05, 3.63) is 0 Å². The van der Waals surface area contributed by atoms with Gasteiger partial charge in [-0.2, -0.15) is 0 Å². The topological polar surface area (TPSA) is 35.2 Å². The summed E-state index contributed by atoms with van der Waals surface area (Å²) in [5, 5.41) is 16.9. The monoisotopic (exact) mass is 213 g/mol. The van der Waals surface area contributed by atoms with E-state index in [9.17, 15) is 5.21 Å². The van der Waals surface area contributed by atoms with Crippen molar-refractivity contribution in [1.82, 2.24) is 10.4 Å². The summed E-state index contributed by atoms with van der Waals surface area (Å²) < 4.78 is 0. The van der Waals surface area contributed by atoms with Gasteiger partial charge in [0, 0.05) is 23.2 Å². The zero-order valence-electron chi connectivity index (χ0n) is 10.9. The lowest BCUT2D eigenvalue weighted by molar-refractivity contribution is -0.290. The van der Waals surface area contributed by atoms with Crippen LogP contribution in [-0.4, -0.2) is 28.2 Å². The molecule has 1 radical (unpaired) electrons. The van der Waals surface area contributed by atoms with E-state index in [1.165, 1.54) is 5.06 Å². The fourth-order valence-corrected chi connectivity index (χ4v) is 2.85. The van der Waals surface area contributed by atoms with Gasteiger partial charge in [-0.05, 0) is 40.5 Å². The molecule has 0 bridgehead atoms. The Bertz CT molecular complexity index is 206. The van der Waals surface area contributed by atoms with Crippen molar-refractivity contribution < 1.29 is 5.21 Å². The van der Waals surface area contributed by atoms with Gasteiger partial charge >= 0.3 is 0 Å². The number of hydrogen-bond acceptors (Lipinski definition) is 2. The Hall–Kier alpha value is -0.120. The Morgan fingerprint density at radius 1 is 1.13 bits per heavy atom. The van der Waals surface area contributed by atoms with Crippen molar-refractivity contribution in [2.45, 2.75) is 77.5 Å². The van der Waals surface area contributed by atoms with Crippen LogP contribution in [0.1, 0.15) is 54.4 Å². The molecule has 89 valence electrons. The minimum atomic E-state index is -0.256. The van der Waals surface area contributed by atoms with Gasteiger partial charge in [0.2, 0.25) is 0 Å². The second kappa shape index (κ2) is 4.04. The van der Waals surface area contributed by atoms with Crippen LogP contribution in [0, 0.1) is 0 Å². The highest BCUT2D eigenvalue weighted by Gasteiger charge is 2.45. The summed E-state index contributed by atoms with van der Waals surface area (Å²) in [6, 6.07) is 0.944. The van der Waals surface area contributed by atoms with Crippen LogP contribution in [0.2, 0.25) is 0 Å². The predicted molar refractivity (Wildman–Crippen MR) is 62.0 cm³/mol. The third-order valence-corrected chi connectivity index (χ3v) is 3.16. The highest BCUT2D eigenvalue weighted by Crippen LogP contribution is 2.36. The second-order valence-electron chi connectivity index (χ2n) is 6.35. The molecular weight excluding hydrogens is 188 g/mol. The largest absolute Gasteiger partial charge is 0.312 e. The molecule has 0 amide bonds. The number of nitrogens with one attached hydrogen (secondary N) is 1. The van der Waals surface area contributed by atoms with E-state index < -0.39 is 0 Å². The van der Waals surface area contributed by atoms with Crippen LogP contribution in [0.15, 0.2) is 0 Å². The van der Waals surface area contributed by atoms with Crippen LogP contribution >= 0.6 is 0 Å². The molecule has 0 aromatic carbocycles. The summed E-state index contributed by atoms with van der Waals surface area (Å²) >= 11 is 0. The molecule has 3 nitrogen and oxygen atoms in total. The van der Waals surface area contributed by atoms with Crippen molar-refractivity contribution in [2.75, 3.05) is 0 Å². The predicted octanol–water partition coefficient (Wildman–Crippen LogP) is 2.35. The maximum absolute atomic E-state index is 12.1. The lowest BCUT2D eigenvalue weighted by atomic mass is 9.79. The highest BCUT2D eigenvalue weighted by atomic mass is 16.5. The van der Waals surface area contributed by atoms with Crippen LogP contribution < -0.4 is 5.32 Å². The van der Waals surface area contributed by atoms with E-state index in [1.54, 1.807) is 0 Å². The molecule has 0 aromatic rings. The molecule has 0 aromatic heterocycles. The number of piperidine rings is 1. The molecule has 0 aliphatic carbocycles. The maximum atomic E-state index is 12.1. The molecule has 1 heterocycles. The molecule has 1 rings (SSSR count). The fraction of sp³-hybridized carbons (Fsp3) is 1.00. The molecular formula is C12H25N2O.